The summed E-state index contributed by atoms with van der Waals surface area (Å²) >= 11 is 0.966. The largest absolute Gasteiger partial charge is 0.376 e. The maximum atomic E-state index is 12.0. The van der Waals surface area contributed by atoms with Gasteiger partial charge in [0, 0.05) is 6.61 Å². The van der Waals surface area contributed by atoms with Gasteiger partial charge in [-0.3, -0.25) is 0 Å². The van der Waals surface area contributed by atoms with Gasteiger partial charge >= 0.3 is 0 Å². The van der Waals surface area contributed by atoms with Gasteiger partial charge in [0.25, 0.3) is 0 Å². The summed E-state index contributed by atoms with van der Waals surface area (Å²) in [7, 11) is 0. The number of rotatable bonds is 5. The number of aromatic nitrogens is 4. The summed E-state index contributed by atoms with van der Waals surface area (Å²) in [5, 5.41) is 11.4. The van der Waals surface area contributed by atoms with E-state index in [1.807, 2.05) is 0 Å². The summed E-state index contributed by atoms with van der Waals surface area (Å²) in [6.07, 6.45) is -0.238. The molecule has 0 unspecified atom stereocenters. The second kappa shape index (κ2) is 5.53. The topological polar surface area (TPSA) is 52.8 Å². The molecule has 1 aromatic rings. The first kappa shape index (κ1) is 11.7. The number of alkyl halides is 2. The van der Waals surface area contributed by atoms with Gasteiger partial charge in [-0.05, 0) is 23.3 Å². The monoisotopic (exact) mass is 250 g/mol. The molecule has 1 aromatic heterocycles. The van der Waals surface area contributed by atoms with Crippen molar-refractivity contribution in [3.63, 3.8) is 0 Å². The Morgan fingerprint density at radius 1 is 1.56 bits per heavy atom. The van der Waals surface area contributed by atoms with E-state index in [4.69, 9.17) is 4.74 Å². The number of hydrogen-bond donors (Lipinski definition) is 0. The molecule has 0 bridgehead atoms. The highest BCUT2D eigenvalue weighted by Gasteiger charge is 2.19. The molecule has 0 spiro atoms. The minimum Gasteiger partial charge on any atom is -0.376 e. The van der Waals surface area contributed by atoms with E-state index in [1.54, 1.807) is 0 Å². The molecule has 0 amide bonds. The van der Waals surface area contributed by atoms with Crippen LogP contribution in [0, 0.1) is 0 Å². The van der Waals surface area contributed by atoms with Crippen molar-refractivity contribution in [3.8, 4) is 0 Å². The van der Waals surface area contributed by atoms with Gasteiger partial charge in [0.1, 0.15) is 0 Å². The molecule has 8 heteroatoms. The molecule has 0 aliphatic carbocycles. The van der Waals surface area contributed by atoms with Crippen molar-refractivity contribution in [2.24, 2.45) is 0 Å². The Hall–Kier alpha value is -0.760. The van der Waals surface area contributed by atoms with E-state index < -0.39 is 6.43 Å². The number of nitrogens with zero attached hydrogens (tertiary/aromatic N) is 4. The first-order valence-electron chi connectivity index (χ1n) is 5.04. The van der Waals surface area contributed by atoms with E-state index in [9.17, 15) is 8.78 Å². The quantitative estimate of drug-likeness (QED) is 0.735. The summed E-state index contributed by atoms with van der Waals surface area (Å²) in [5.74, 6) is -0.286. The molecule has 90 valence electrons. The molecule has 2 heterocycles. The summed E-state index contributed by atoms with van der Waals surface area (Å²) in [5.41, 5.74) is 0. The van der Waals surface area contributed by atoms with Crippen LogP contribution in [0.25, 0.3) is 0 Å². The molecule has 2 rings (SSSR count). The normalized spacial score (nSPS) is 20.8. The minimum absolute atomic E-state index is 0.106. The number of hydrogen-bond acceptors (Lipinski definition) is 5. The zero-order valence-electron chi connectivity index (χ0n) is 8.55. The Morgan fingerprint density at radius 2 is 2.44 bits per heavy atom. The van der Waals surface area contributed by atoms with Crippen molar-refractivity contribution < 1.29 is 13.5 Å². The lowest BCUT2D eigenvalue weighted by molar-refractivity contribution is 0.0911. The van der Waals surface area contributed by atoms with Crippen molar-refractivity contribution in [1.29, 1.82) is 0 Å². The molecule has 1 aliphatic rings. The van der Waals surface area contributed by atoms with Crippen LogP contribution in [0.15, 0.2) is 5.16 Å². The summed E-state index contributed by atoms with van der Waals surface area (Å²) in [6.45, 7) is 1.30. The van der Waals surface area contributed by atoms with E-state index in [2.05, 4.69) is 15.5 Å². The van der Waals surface area contributed by atoms with E-state index in [0.29, 0.717) is 11.7 Å². The predicted octanol–water partition coefficient (Wildman–Crippen LogP) is 1.21. The van der Waals surface area contributed by atoms with E-state index in [1.165, 1.54) is 4.68 Å². The summed E-state index contributed by atoms with van der Waals surface area (Å²) in [4.78, 5) is 0. The predicted molar refractivity (Wildman–Crippen MR) is 53.5 cm³/mol. The zero-order valence-corrected chi connectivity index (χ0v) is 9.37. The molecule has 1 saturated heterocycles. The second-order valence-corrected chi connectivity index (χ2v) is 4.47. The zero-order chi connectivity index (χ0) is 11.4. The minimum atomic E-state index is -2.35. The smallest absolute Gasteiger partial charge is 0.248 e. The lowest BCUT2D eigenvalue weighted by Crippen LogP contribution is -2.17. The lowest BCUT2D eigenvalue weighted by atomic mass is 10.2. The van der Waals surface area contributed by atoms with Gasteiger partial charge in [0.15, 0.2) is 0 Å². The molecule has 0 aromatic carbocycles. The van der Waals surface area contributed by atoms with Crippen LogP contribution in [0.3, 0.4) is 0 Å². The van der Waals surface area contributed by atoms with Crippen molar-refractivity contribution in [1.82, 2.24) is 20.2 Å². The Bertz CT molecular complexity index is 330. The third-order valence-corrected chi connectivity index (χ3v) is 3.21. The first-order valence-corrected chi connectivity index (χ1v) is 6.03. The van der Waals surface area contributed by atoms with E-state index in [0.717, 1.165) is 31.2 Å². The van der Waals surface area contributed by atoms with Crippen LogP contribution in [0.4, 0.5) is 8.78 Å². The molecule has 1 aliphatic heterocycles. The van der Waals surface area contributed by atoms with Gasteiger partial charge in [0.05, 0.1) is 18.4 Å². The molecule has 0 N–H and O–H groups in total. The summed E-state index contributed by atoms with van der Waals surface area (Å²) in [6, 6.07) is 0. The van der Waals surface area contributed by atoms with Crippen molar-refractivity contribution in [3.05, 3.63) is 0 Å². The fourth-order valence-electron chi connectivity index (χ4n) is 1.53. The Kier molecular flexibility index (Phi) is 4.05. The van der Waals surface area contributed by atoms with Gasteiger partial charge in [-0.1, -0.05) is 11.8 Å². The Morgan fingerprint density at radius 3 is 3.12 bits per heavy atom. The molecule has 0 radical (unpaired) electrons. The maximum absolute atomic E-state index is 12.0. The molecular weight excluding hydrogens is 238 g/mol. The fraction of sp³-hybridized carbons (Fsp3) is 0.875. The van der Waals surface area contributed by atoms with Crippen LogP contribution in [0.2, 0.25) is 0 Å². The van der Waals surface area contributed by atoms with Gasteiger partial charge < -0.3 is 4.74 Å². The van der Waals surface area contributed by atoms with E-state index >= 15 is 0 Å². The summed E-state index contributed by atoms with van der Waals surface area (Å²) < 4.78 is 31.0. The number of halogens is 2. The maximum Gasteiger partial charge on any atom is 0.248 e. The van der Waals surface area contributed by atoms with Gasteiger partial charge in [-0.2, -0.15) is 0 Å². The molecule has 1 fully saturated rings. The van der Waals surface area contributed by atoms with Crippen LogP contribution in [0.1, 0.15) is 12.8 Å². The standard InChI is InChI=1S/C8H12F2N4OS/c9-7(10)5-16-8-11-12-13-14(8)4-6-2-1-3-15-6/h6-7H,1-5H2/t6-/m0/s1. The average Bonchev–Trinajstić information content (AvgIpc) is 2.87. The van der Waals surface area contributed by atoms with Crippen molar-refractivity contribution >= 4 is 11.8 Å². The lowest BCUT2D eigenvalue weighted by Gasteiger charge is -2.09. The van der Waals surface area contributed by atoms with Gasteiger partial charge in [0.2, 0.25) is 11.6 Å². The molecular formula is C8H12F2N4OS. The van der Waals surface area contributed by atoms with Crippen LogP contribution in [-0.4, -0.2) is 45.1 Å². The van der Waals surface area contributed by atoms with Crippen LogP contribution in [0.5, 0.6) is 0 Å². The highest BCUT2D eigenvalue weighted by atomic mass is 32.2. The molecule has 5 nitrogen and oxygen atoms in total. The van der Waals surface area contributed by atoms with E-state index in [-0.39, 0.29) is 11.9 Å². The number of thioether (sulfide) groups is 1. The second-order valence-electron chi connectivity index (χ2n) is 3.48. The Labute approximate surface area is 95.5 Å². The third-order valence-electron chi connectivity index (χ3n) is 2.24. The number of ether oxygens (including phenoxy) is 1. The highest BCUT2D eigenvalue weighted by Crippen LogP contribution is 2.19. The highest BCUT2D eigenvalue weighted by molar-refractivity contribution is 7.99. The third kappa shape index (κ3) is 3.11. The van der Waals surface area contributed by atoms with Crippen LogP contribution < -0.4 is 0 Å². The van der Waals surface area contributed by atoms with Gasteiger partial charge in [-0.25, -0.2) is 13.5 Å². The SMILES string of the molecule is FC(F)CSc1nnnn1C[C@@H]1CCCO1. The fourth-order valence-corrected chi connectivity index (χ4v) is 2.16. The molecule has 16 heavy (non-hydrogen) atoms. The molecule has 0 saturated carbocycles. The van der Waals surface area contributed by atoms with Crippen molar-refractivity contribution in [2.75, 3.05) is 12.4 Å². The average molecular weight is 250 g/mol. The van der Waals surface area contributed by atoms with Crippen LogP contribution >= 0.6 is 11.8 Å². The molecule has 1 atom stereocenters. The van der Waals surface area contributed by atoms with Crippen LogP contribution in [-0.2, 0) is 11.3 Å². The Balaban J connectivity index is 1.90. The number of tetrazole rings is 1. The van der Waals surface area contributed by atoms with Crippen molar-refractivity contribution in [2.45, 2.75) is 37.1 Å². The van der Waals surface area contributed by atoms with Gasteiger partial charge in [-0.15, -0.1) is 5.10 Å². The first-order chi connectivity index (χ1) is 7.75.